The number of nitrogens with one attached hydrogen (secondary N) is 1. The van der Waals surface area contributed by atoms with E-state index < -0.39 is 12.1 Å². The van der Waals surface area contributed by atoms with Crippen molar-refractivity contribution in [3.05, 3.63) is 69.7 Å². The van der Waals surface area contributed by atoms with Gasteiger partial charge in [0.05, 0.1) is 11.3 Å². The summed E-state index contributed by atoms with van der Waals surface area (Å²) in [7, 11) is 0. The number of aliphatic hydroxyl groups excluding tert-OH is 1. The van der Waals surface area contributed by atoms with Crippen LogP contribution >= 0.6 is 0 Å². The summed E-state index contributed by atoms with van der Waals surface area (Å²) in [5.41, 5.74) is 12.8. The third-order valence-corrected chi connectivity index (χ3v) is 5.13. The zero-order chi connectivity index (χ0) is 19.7. The predicted octanol–water partition coefficient (Wildman–Crippen LogP) is 2.32. The van der Waals surface area contributed by atoms with Gasteiger partial charge in [-0.1, -0.05) is 18.2 Å². The molecular weight excluding hydrogens is 340 g/mol. The highest BCUT2D eigenvalue weighted by Gasteiger charge is 2.16. The molecule has 0 aliphatic rings. The lowest BCUT2D eigenvalue weighted by molar-refractivity contribution is 0.0999. The fraction of sp³-hybridized carbons (Fsp3) is 0.333. The number of rotatable bonds is 6. The molecule has 1 unspecified atom stereocenters. The van der Waals surface area contributed by atoms with Gasteiger partial charge in [0.1, 0.15) is 11.9 Å². The summed E-state index contributed by atoms with van der Waals surface area (Å²) in [4.78, 5) is 16.3. The fourth-order valence-electron chi connectivity index (χ4n) is 3.35. The van der Waals surface area contributed by atoms with E-state index in [0.29, 0.717) is 18.5 Å². The van der Waals surface area contributed by atoms with E-state index in [1.807, 2.05) is 24.3 Å². The summed E-state index contributed by atoms with van der Waals surface area (Å²) in [6, 6.07) is 7.87. The summed E-state index contributed by atoms with van der Waals surface area (Å²) in [5.74, 6) is -0.498. The van der Waals surface area contributed by atoms with Crippen LogP contribution in [0.3, 0.4) is 0 Å². The molecule has 0 saturated heterocycles. The number of primary amides is 1. The lowest BCUT2D eigenvalue weighted by Crippen LogP contribution is -2.31. The molecule has 6 heteroatoms. The van der Waals surface area contributed by atoms with E-state index in [9.17, 15) is 9.90 Å². The molecule has 0 aliphatic heterocycles. The number of aryl methyl sites for hydroxylation is 4. The number of hydrogen-bond donors (Lipinski definition) is 3. The van der Waals surface area contributed by atoms with Crippen LogP contribution in [0.5, 0.6) is 0 Å². The lowest BCUT2D eigenvalue weighted by Gasteiger charge is -2.16. The van der Waals surface area contributed by atoms with E-state index >= 15 is 0 Å². The van der Waals surface area contributed by atoms with Gasteiger partial charge < -0.3 is 15.2 Å². The fourth-order valence-corrected chi connectivity index (χ4v) is 3.35. The largest absolute Gasteiger partial charge is 0.378 e. The average Bonchev–Trinajstić information content (AvgIpc) is 2.89. The molecule has 0 spiro atoms. The molecule has 0 radical (unpaired) electrons. The third-order valence-electron chi connectivity index (χ3n) is 5.13. The maximum absolute atomic E-state index is 11.7. The van der Waals surface area contributed by atoms with Gasteiger partial charge in [0.2, 0.25) is 5.91 Å². The number of nitrogens with two attached hydrogens (primary N) is 1. The zero-order valence-corrected chi connectivity index (χ0v) is 16.2. The lowest BCUT2D eigenvalue weighted by atomic mass is 10.0. The van der Waals surface area contributed by atoms with Crippen molar-refractivity contribution in [2.45, 2.75) is 46.9 Å². The maximum Gasteiger partial charge on any atom is 0.250 e. The van der Waals surface area contributed by atoms with Gasteiger partial charge in [-0.15, -0.1) is 0 Å². The number of imidazole rings is 1. The second-order valence-corrected chi connectivity index (χ2v) is 7.07. The molecular formula is C21H26N4O2. The van der Waals surface area contributed by atoms with Crippen LogP contribution in [0.1, 0.15) is 44.0 Å². The Morgan fingerprint density at radius 1 is 1.26 bits per heavy atom. The van der Waals surface area contributed by atoms with Crippen LogP contribution in [-0.4, -0.2) is 26.6 Å². The first kappa shape index (κ1) is 19.1. The topological polar surface area (TPSA) is 92.6 Å². The van der Waals surface area contributed by atoms with Crippen molar-refractivity contribution in [2.75, 3.05) is 0 Å². The molecule has 1 amide bonds. The summed E-state index contributed by atoms with van der Waals surface area (Å²) in [6.45, 7) is 8.56. The molecule has 1 aromatic carbocycles. The Kier molecular flexibility index (Phi) is 5.30. The van der Waals surface area contributed by atoms with Crippen LogP contribution in [0.4, 0.5) is 0 Å². The van der Waals surface area contributed by atoms with Gasteiger partial charge in [-0.05, 0) is 50.5 Å². The molecule has 2 heterocycles. The predicted molar refractivity (Wildman–Crippen MR) is 106 cm³/mol. The van der Waals surface area contributed by atoms with Crippen LogP contribution < -0.4 is 11.1 Å². The monoisotopic (exact) mass is 366 g/mol. The highest BCUT2D eigenvalue weighted by molar-refractivity contribution is 5.93. The van der Waals surface area contributed by atoms with Crippen LogP contribution in [0.15, 0.2) is 30.5 Å². The quantitative estimate of drug-likeness (QED) is 0.584. The first-order chi connectivity index (χ1) is 12.8. The number of amides is 1. The molecule has 0 saturated carbocycles. The van der Waals surface area contributed by atoms with Crippen molar-refractivity contribution in [1.29, 1.82) is 0 Å². The Balaban J connectivity index is 1.85. The van der Waals surface area contributed by atoms with Gasteiger partial charge >= 0.3 is 0 Å². The van der Waals surface area contributed by atoms with Gasteiger partial charge in [-0.3, -0.25) is 10.1 Å². The number of carbonyl (C=O) groups is 1. The van der Waals surface area contributed by atoms with E-state index in [2.05, 4.69) is 36.3 Å². The molecule has 0 fully saturated rings. The Morgan fingerprint density at radius 3 is 2.56 bits per heavy atom. The van der Waals surface area contributed by atoms with Crippen molar-refractivity contribution in [2.24, 2.45) is 5.73 Å². The van der Waals surface area contributed by atoms with Gasteiger partial charge in [-0.2, -0.15) is 0 Å². The van der Waals surface area contributed by atoms with Crippen molar-refractivity contribution < 1.29 is 9.90 Å². The summed E-state index contributed by atoms with van der Waals surface area (Å²) in [6.07, 6.45) is 1.26. The number of hydrogen-bond acceptors (Lipinski definition) is 4. The number of aliphatic hydroxyl groups is 1. The van der Waals surface area contributed by atoms with Crippen LogP contribution in [-0.2, 0) is 13.0 Å². The van der Waals surface area contributed by atoms with Gasteiger partial charge in [0.15, 0.2) is 0 Å². The highest BCUT2D eigenvalue weighted by Crippen LogP contribution is 2.19. The summed E-state index contributed by atoms with van der Waals surface area (Å²) < 4.78 is 1.86. The summed E-state index contributed by atoms with van der Waals surface area (Å²) >= 11 is 0. The number of nitrogens with zero attached hydrogens (tertiary/aromatic N) is 2. The van der Waals surface area contributed by atoms with E-state index in [4.69, 9.17) is 5.73 Å². The molecule has 142 valence electrons. The maximum atomic E-state index is 11.7. The van der Waals surface area contributed by atoms with Crippen molar-refractivity contribution >= 4 is 11.6 Å². The minimum absolute atomic E-state index is 0.325. The molecule has 6 nitrogen and oxygen atoms in total. The molecule has 2 aromatic heterocycles. The first-order valence-corrected chi connectivity index (χ1v) is 9.02. The van der Waals surface area contributed by atoms with E-state index in [-0.39, 0.29) is 0 Å². The molecule has 3 aromatic rings. The number of benzene rings is 1. The molecule has 0 bridgehead atoms. The van der Waals surface area contributed by atoms with Crippen molar-refractivity contribution in [3.63, 3.8) is 0 Å². The van der Waals surface area contributed by atoms with Crippen molar-refractivity contribution in [3.8, 4) is 0 Å². The normalized spacial score (nSPS) is 12.5. The van der Waals surface area contributed by atoms with Gasteiger partial charge in [0.25, 0.3) is 0 Å². The van der Waals surface area contributed by atoms with E-state index in [0.717, 1.165) is 22.6 Å². The van der Waals surface area contributed by atoms with Gasteiger partial charge in [0, 0.05) is 30.4 Å². The minimum Gasteiger partial charge on any atom is -0.378 e. The Bertz CT molecular complexity index is 987. The second kappa shape index (κ2) is 7.50. The molecule has 1 atom stereocenters. The molecule has 4 N–H and O–H groups in total. The van der Waals surface area contributed by atoms with Crippen LogP contribution in [0.25, 0.3) is 5.65 Å². The Morgan fingerprint density at radius 2 is 1.93 bits per heavy atom. The standard InChI is InChI=1S/C21H26N4O2/c1-12-6-5-7-13(2)18(12)10-23-19(26)9-16-8-17(20(22)27)11-25-15(4)14(3)24-21(16)25/h5-8,11,19,23,26H,9-10H2,1-4H3,(H2,22,27). The molecule has 0 aliphatic carbocycles. The van der Waals surface area contributed by atoms with Crippen molar-refractivity contribution in [1.82, 2.24) is 14.7 Å². The minimum atomic E-state index is -0.770. The molecule has 27 heavy (non-hydrogen) atoms. The number of aromatic nitrogens is 2. The second-order valence-electron chi connectivity index (χ2n) is 7.07. The van der Waals surface area contributed by atoms with E-state index in [1.54, 1.807) is 12.3 Å². The average molecular weight is 366 g/mol. The van der Waals surface area contributed by atoms with Crippen LogP contribution in [0.2, 0.25) is 0 Å². The Hall–Kier alpha value is -2.70. The number of carbonyl (C=O) groups excluding carboxylic acids is 1. The third kappa shape index (κ3) is 3.86. The summed E-state index contributed by atoms with van der Waals surface area (Å²) in [5, 5.41) is 13.7. The zero-order valence-electron chi connectivity index (χ0n) is 16.2. The SMILES string of the molecule is Cc1cccc(C)c1CNC(O)Cc1cc(C(N)=O)cn2c(C)c(C)nc12. The highest BCUT2D eigenvalue weighted by atomic mass is 16.3. The first-order valence-electron chi connectivity index (χ1n) is 9.02. The molecule has 3 rings (SSSR count). The van der Waals surface area contributed by atoms with E-state index in [1.165, 1.54) is 16.7 Å². The smallest absolute Gasteiger partial charge is 0.250 e. The number of fused-ring (bicyclic) bond motifs is 1. The van der Waals surface area contributed by atoms with Gasteiger partial charge in [-0.25, -0.2) is 4.98 Å². The van der Waals surface area contributed by atoms with Crippen LogP contribution in [0, 0.1) is 27.7 Å². The number of pyridine rings is 1. The Labute approximate surface area is 159 Å².